The van der Waals surface area contributed by atoms with E-state index in [9.17, 15) is 15.0 Å². The fourth-order valence-electron chi connectivity index (χ4n) is 2.74. The number of ketones is 1. The zero-order valence-corrected chi connectivity index (χ0v) is 13.4. The first kappa shape index (κ1) is 16.1. The number of aromatic hydroxyl groups is 1. The second-order valence-electron chi connectivity index (χ2n) is 5.69. The van der Waals surface area contributed by atoms with Gasteiger partial charge in [-0.2, -0.15) is 0 Å². The first-order valence-corrected chi connectivity index (χ1v) is 7.41. The molecule has 0 amide bonds. The van der Waals surface area contributed by atoms with E-state index in [-0.39, 0.29) is 30.1 Å². The molecule has 6 nitrogen and oxygen atoms in total. The monoisotopic (exact) mass is 330 g/mol. The summed E-state index contributed by atoms with van der Waals surface area (Å²) in [6, 6.07) is 9.88. The number of phenolic OH excluding ortho intramolecular Hbond substituents is 1. The summed E-state index contributed by atoms with van der Waals surface area (Å²) >= 11 is 0. The molecule has 2 N–H and O–H groups in total. The Morgan fingerprint density at radius 1 is 1.12 bits per heavy atom. The summed E-state index contributed by atoms with van der Waals surface area (Å²) in [7, 11) is 3.01. The van der Waals surface area contributed by atoms with Crippen molar-refractivity contribution in [1.82, 2.24) is 0 Å². The van der Waals surface area contributed by atoms with Crippen LogP contribution in [0.4, 0.5) is 0 Å². The first-order valence-electron chi connectivity index (χ1n) is 7.41. The van der Waals surface area contributed by atoms with Gasteiger partial charge in [0, 0.05) is 18.6 Å². The lowest BCUT2D eigenvalue weighted by Gasteiger charge is -2.32. The number of methoxy groups -OCH3 is 2. The fraction of sp³-hybridized carbons (Fsp3) is 0.278. The number of benzene rings is 2. The van der Waals surface area contributed by atoms with E-state index in [0.717, 1.165) is 5.56 Å². The molecule has 6 heteroatoms. The minimum Gasteiger partial charge on any atom is -0.507 e. The van der Waals surface area contributed by atoms with Gasteiger partial charge in [0.15, 0.2) is 5.60 Å². The van der Waals surface area contributed by atoms with Gasteiger partial charge < -0.3 is 24.4 Å². The van der Waals surface area contributed by atoms with Crippen LogP contribution in [0.5, 0.6) is 23.0 Å². The zero-order valence-electron chi connectivity index (χ0n) is 13.4. The number of fused-ring (bicyclic) bond motifs is 1. The predicted molar refractivity (Wildman–Crippen MR) is 86.1 cm³/mol. The molecule has 0 bridgehead atoms. The molecule has 0 radical (unpaired) electrons. The number of hydrogen-bond acceptors (Lipinski definition) is 6. The molecular weight excluding hydrogens is 312 g/mol. The van der Waals surface area contributed by atoms with Gasteiger partial charge in [-0.25, -0.2) is 0 Å². The average molecular weight is 330 g/mol. The van der Waals surface area contributed by atoms with Gasteiger partial charge in [0.1, 0.15) is 35.2 Å². The van der Waals surface area contributed by atoms with Crippen molar-refractivity contribution in [3.63, 3.8) is 0 Å². The summed E-state index contributed by atoms with van der Waals surface area (Å²) in [5.74, 6) is 0.421. The van der Waals surface area contributed by atoms with Crippen LogP contribution in [0.3, 0.4) is 0 Å². The molecule has 0 saturated heterocycles. The molecule has 0 fully saturated rings. The van der Waals surface area contributed by atoms with E-state index in [1.54, 1.807) is 31.4 Å². The first-order chi connectivity index (χ1) is 11.5. The quantitative estimate of drug-likeness (QED) is 0.891. The van der Waals surface area contributed by atoms with Crippen molar-refractivity contribution in [3.05, 3.63) is 47.5 Å². The average Bonchev–Trinajstić information content (AvgIpc) is 2.59. The third-order valence-corrected chi connectivity index (χ3v) is 4.06. The van der Waals surface area contributed by atoms with Gasteiger partial charge in [-0.3, -0.25) is 4.79 Å². The standard InChI is InChI=1S/C18H18O6/c1-22-12-5-3-11(4-6-12)9-18(21)10-24-15-8-13(23-2)7-14(19)16(15)17(18)20/h3-8,19,21H,9-10H2,1-2H3. The maximum atomic E-state index is 12.7. The number of carbonyl (C=O) groups excluding carboxylic acids is 1. The van der Waals surface area contributed by atoms with Crippen LogP contribution in [0.15, 0.2) is 36.4 Å². The van der Waals surface area contributed by atoms with Crippen LogP contribution in [0.25, 0.3) is 0 Å². The number of ether oxygens (including phenoxy) is 3. The summed E-state index contributed by atoms with van der Waals surface area (Å²) < 4.78 is 15.6. The zero-order chi connectivity index (χ0) is 17.3. The van der Waals surface area contributed by atoms with Gasteiger partial charge in [0.25, 0.3) is 0 Å². The Morgan fingerprint density at radius 2 is 1.79 bits per heavy atom. The highest BCUT2D eigenvalue weighted by Crippen LogP contribution is 2.40. The highest BCUT2D eigenvalue weighted by molar-refractivity contribution is 6.08. The van der Waals surface area contributed by atoms with Crippen molar-refractivity contribution in [2.45, 2.75) is 12.0 Å². The van der Waals surface area contributed by atoms with Gasteiger partial charge in [0.2, 0.25) is 5.78 Å². The van der Waals surface area contributed by atoms with Gasteiger partial charge in [-0.1, -0.05) is 12.1 Å². The van der Waals surface area contributed by atoms with E-state index in [2.05, 4.69) is 0 Å². The summed E-state index contributed by atoms with van der Waals surface area (Å²) in [6.45, 7) is -0.197. The van der Waals surface area contributed by atoms with Crippen LogP contribution in [0.1, 0.15) is 15.9 Å². The minimum absolute atomic E-state index is 0.0296. The van der Waals surface area contributed by atoms with E-state index >= 15 is 0 Å². The van der Waals surface area contributed by atoms with Crippen molar-refractivity contribution in [1.29, 1.82) is 0 Å². The lowest BCUT2D eigenvalue weighted by Crippen LogP contribution is -2.49. The number of Topliss-reactive ketones (excluding diaryl/α,β-unsaturated/α-hetero) is 1. The van der Waals surface area contributed by atoms with Gasteiger partial charge in [-0.05, 0) is 17.7 Å². The van der Waals surface area contributed by atoms with Crippen LogP contribution in [-0.4, -0.2) is 42.4 Å². The summed E-state index contributed by atoms with van der Waals surface area (Å²) in [5, 5.41) is 20.9. The van der Waals surface area contributed by atoms with Crippen molar-refractivity contribution < 1.29 is 29.2 Å². The molecule has 1 aliphatic heterocycles. The number of aliphatic hydroxyl groups is 1. The Labute approximate surface area is 139 Å². The molecule has 3 rings (SSSR count). The SMILES string of the molecule is COc1ccc(CC2(O)COc3cc(OC)cc(O)c3C2=O)cc1. The fourth-order valence-corrected chi connectivity index (χ4v) is 2.74. The molecule has 0 aromatic heterocycles. The van der Waals surface area contributed by atoms with Crippen LogP contribution in [-0.2, 0) is 6.42 Å². The van der Waals surface area contributed by atoms with Crippen molar-refractivity contribution >= 4 is 5.78 Å². The predicted octanol–water partition coefficient (Wildman–Crippen LogP) is 1.96. The lowest BCUT2D eigenvalue weighted by atomic mass is 9.85. The molecule has 1 atom stereocenters. The largest absolute Gasteiger partial charge is 0.507 e. The van der Waals surface area contributed by atoms with Crippen molar-refractivity contribution in [3.8, 4) is 23.0 Å². The molecule has 126 valence electrons. The molecule has 0 saturated carbocycles. The normalized spacial score (nSPS) is 19.4. The van der Waals surface area contributed by atoms with E-state index in [4.69, 9.17) is 14.2 Å². The van der Waals surface area contributed by atoms with E-state index < -0.39 is 11.4 Å². The third kappa shape index (κ3) is 2.76. The maximum Gasteiger partial charge on any atom is 0.205 e. The molecule has 2 aromatic carbocycles. The Bertz CT molecular complexity index is 768. The Balaban J connectivity index is 1.91. The lowest BCUT2D eigenvalue weighted by molar-refractivity contribution is -0.00240. The molecule has 24 heavy (non-hydrogen) atoms. The molecule has 1 aliphatic rings. The van der Waals surface area contributed by atoms with E-state index in [0.29, 0.717) is 11.5 Å². The van der Waals surface area contributed by atoms with E-state index in [1.165, 1.54) is 19.2 Å². The minimum atomic E-state index is -1.74. The van der Waals surface area contributed by atoms with Crippen LogP contribution >= 0.6 is 0 Å². The van der Waals surface area contributed by atoms with Crippen LogP contribution < -0.4 is 14.2 Å². The van der Waals surface area contributed by atoms with Gasteiger partial charge in [-0.15, -0.1) is 0 Å². The molecular formula is C18H18O6. The van der Waals surface area contributed by atoms with E-state index in [1.807, 2.05) is 0 Å². The smallest absolute Gasteiger partial charge is 0.205 e. The molecule has 2 aromatic rings. The Morgan fingerprint density at radius 3 is 2.42 bits per heavy atom. The Kier molecular flexibility index (Phi) is 4.07. The highest BCUT2D eigenvalue weighted by atomic mass is 16.5. The Hall–Kier alpha value is -2.73. The third-order valence-electron chi connectivity index (χ3n) is 4.06. The number of hydrogen-bond donors (Lipinski definition) is 2. The molecule has 0 aliphatic carbocycles. The molecule has 1 heterocycles. The number of phenols is 1. The summed E-state index contributed by atoms with van der Waals surface area (Å²) in [6.07, 6.45) is 0.0702. The topological polar surface area (TPSA) is 85.2 Å². The second kappa shape index (κ2) is 6.05. The number of rotatable bonds is 4. The molecule has 0 spiro atoms. The highest BCUT2D eigenvalue weighted by Gasteiger charge is 2.44. The summed E-state index contributed by atoms with van der Waals surface area (Å²) in [4.78, 5) is 12.7. The van der Waals surface area contributed by atoms with Gasteiger partial charge in [0.05, 0.1) is 14.2 Å². The maximum absolute atomic E-state index is 12.7. The number of carbonyl (C=O) groups is 1. The van der Waals surface area contributed by atoms with Crippen molar-refractivity contribution in [2.24, 2.45) is 0 Å². The summed E-state index contributed by atoms with van der Waals surface area (Å²) in [5.41, 5.74) is -1.02. The van der Waals surface area contributed by atoms with Crippen molar-refractivity contribution in [2.75, 3.05) is 20.8 Å². The van der Waals surface area contributed by atoms with Gasteiger partial charge >= 0.3 is 0 Å². The molecule has 1 unspecified atom stereocenters. The van der Waals surface area contributed by atoms with Crippen LogP contribution in [0.2, 0.25) is 0 Å². The second-order valence-corrected chi connectivity index (χ2v) is 5.69. The van der Waals surface area contributed by atoms with Crippen LogP contribution in [0, 0.1) is 0 Å².